The third kappa shape index (κ3) is 3.20. The van der Waals surface area contributed by atoms with Crippen molar-refractivity contribution in [3.63, 3.8) is 0 Å². The number of pyridine rings is 1. The maximum atomic E-state index is 6.02. The molecule has 1 aromatic carbocycles. The fourth-order valence-electron chi connectivity index (χ4n) is 3.52. The summed E-state index contributed by atoms with van der Waals surface area (Å²) < 4.78 is 7.70. The van der Waals surface area contributed by atoms with Crippen LogP contribution in [0.2, 0.25) is 0 Å². The number of nitrogen functional groups attached to an aromatic ring is 1. The van der Waals surface area contributed by atoms with Crippen LogP contribution < -0.4 is 10.5 Å². The van der Waals surface area contributed by atoms with Crippen molar-refractivity contribution in [1.82, 2.24) is 14.3 Å². The maximum absolute atomic E-state index is 6.02. The van der Waals surface area contributed by atoms with Crippen molar-refractivity contribution >= 4 is 11.3 Å². The first-order valence-electron chi connectivity index (χ1n) is 8.96. The lowest BCUT2D eigenvalue weighted by atomic mass is 10.1. The molecule has 1 aliphatic rings. The van der Waals surface area contributed by atoms with Crippen molar-refractivity contribution in [3.05, 3.63) is 48.3 Å². The number of rotatable bonds is 5. The predicted octanol–water partition coefficient (Wildman–Crippen LogP) is 3.58. The van der Waals surface area contributed by atoms with E-state index in [1.807, 2.05) is 37.4 Å². The smallest absolute Gasteiger partial charge is 0.137 e. The predicted molar refractivity (Wildman–Crippen MR) is 101 cm³/mol. The SMILES string of the molecule is CCOc1ccc(-c2nc3ccc(N)cn3c2CN2CCCC2)cc1. The highest BCUT2D eigenvalue weighted by atomic mass is 16.5. The van der Waals surface area contributed by atoms with Crippen LogP contribution in [0.15, 0.2) is 42.6 Å². The Kier molecular flexibility index (Phi) is 4.32. The molecular weight excluding hydrogens is 312 g/mol. The van der Waals surface area contributed by atoms with Gasteiger partial charge in [-0.05, 0) is 69.3 Å². The van der Waals surface area contributed by atoms with E-state index in [-0.39, 0.29) is 0 Å². The molecule has 0 unspecified atom stereocenters. The van der Waals surface area contributed by atoms with Crippen LogP contribution in [0.3, 0.4) is 0 Å². The fourth-order valence-corrected chi connectivity index (χ4v) is 3.52. The number of hydrogen-bond donors (Lipinski definition) is 1. The zero-order valence-electron chi connectivity index (χ0n) is 14.6. The van der Waals surface area contributed by atoms with Gasteiger partial charge in [-0.3, -0.25) is 4.90 Å². The van der Waals surface area contributed by atoms with Gasteiger partial charge in [0.2, 0.25) is 0 Å². The molecule has 2 aromatic heterocycles. The van der Waals surface area contributed by atoms with Gasteiger partial charge in [-0.1, -0.05) is 0 Å². The van der Waals surface area contributed by atoms with E-state index < -0.39 is 0 Å². The van der Waals surface area contributed by atoms with Crippen LogP contribution in [0.4, 0.5) is 5.69 Å². The molecule has 0 saturated carbocycles. The summed E-state index contributed by atoms with van der Waals surface area (Å²) in [7, 11) is 0. The van der Waals surface area contributed by atoms with Gasteiger partial charge in [-0.15, -0.1) is 0 Å². The van der Waals surface area contributed by atoms with Crippen LogP contribution in [-0.2, 0) is 6.54 Å². The van der Waals surface area contributed by atoms with Crippen LogP contribution in [0.25, 0.3) is 16.9 Å². The van der Waals surface area contributed by atoms with E-state index >= 15 is 0 Å². The van der Waals surface area contributed by atoms with Gasteiger partial charge in [0.15, 0.2) is 0 Å². The Bertz CT molecular complexity index is 863. The number of hydrogen-bond acceptors (Lipinski definition) is 4. The topological polar surface area (TPSA) is 55.8 Å². The molecule has 1 fully saturated rings. The van der Waals surface area contributed by atoms with Crippen LogP contribution in [0.5, 0.6) is 5.75 Å². The van der Waals surface area contributed by atoms with Gasteiger partial charge in [0.25, 0.3) is 0 Å². The molecule has 3 aromatic rings. The second-order valence-electron chi connectivity index (χ2n) is 6.54. The second kappa shape index (κ2) is 6.76. The van der Waals surface area contributed by atoms with Crippen LogP contribution in [0.1, 0.15) is 25.5 Å². The van der Waals surface area contributed by atoms with E-state index in [1.165, 1.54) is 18.5 Å². The summed E-state index contributed by atoms with van der Waals surface area (Å²) >= 11 is 0. The first-order chi connectivity index (χ1) is 12.2. The molecule has 0 aliphatic carbocycles. The van der Waals surface area contributed by atoms with E-state index in [0.717, 1.165) is 48.0 Å². The summed E-state index contributed by atoms with van der Waals surface area (Å²) in [6.07, 6.45) is 4.53. The molecule has 5 nitrogen and oxygen atoms in total. The summed E-state index contributed by atoms with van der Waals surface area (Å²) in [5, 5.41) is 0. The van der Waals surface area contributed by atoms with Gasteiger partial charge in [-0.2, -0.15) is 0 Å². The van der Waals surface area contributed by atoms with E-state index in [4.69, 9.17) is 15.5 Å². The summed E-state index contributed by atoms with van der Waals surface area (Å²) in [4.78, 5) is 7.37. The zero-order chi connectivity index (χ0) is 17.2. The number of likely N-dealkylation sites (tertiary alicyclic amines) is 1. The molecule has 4 rings (SSSR count). The third-order valence-corrected chi connectivity index (χ3v) is 4.75. The molecule has 130 valence electrons. The molecule has 3 heterocycles. The number of nitrogens with zero attached hydrogens (tertiary/aromatic N) is 3. The molecule has 0 radical (unpaired) electrons. The van der Waals surface area contributed by atoms with Gasteiger partial charge in [0.1, 0.15) is 11.4 Å². The Balaban J connectivity index is 1.78. The maximum Gasteiger partial charge on any atom is 0.137 e. The third-order valence-electron chi connectivity index (χ3n) is 4.75. The second-order valence-corrected chi connectivity index (χ2v) is 6.54. The lowest BCUT2D eigenvalue weighted by Crippen LogP contribution is -2.20. The van der Waals surface area contributed by atoms with Crippen LogP contribution >= 0.6 is 0 Å². The van der Waals surface area contributed by atoms with Crippen molar-refractivity contribution < 1.29 is 4.74 Å². The van der Waals surface area contributed by atoms with E-state index in [0.29, 0.717) is 6.61 Å². The average Bonchev–Trinajstić information content (AvgIpc) is 3.25. The quantitative estimate of drug-likeness (QED) is 0.774. The Morgan fingerprint density at radius 3 is 2.56 bits per heavy atom. The molecule has 1 saturated heterocycles. The first kappa shape index (κ1) is 16.0. The van der Waals surface area contributed by atoms with Gasteiger partial charge >= 0.3 is 0 Å². The Morgan fingerprint density at radius 1 is 1.08 bits per heavy atom. The molecule has 0 atom stereocenters. The van der Waals surface area contributed by atoms with Gasteiger partial charge < -0.3 is 14.9 Å². The monoisotopic (exact) mass is 336 g/mol. The number of benzene rings is 1. The number of nitrogens with two attached hydrogens (primary N) is 1. The van der Waals surface area contributed by atoms with E-state index in [1.54, 1.807) is 0 Å². The van der Waals surface area contributed by atoms with Crippen molar-refractivity contribution in [3.8, 4) is 17.0 Å². The van der Waals surface area contributed by atoms with Crippen molar-refractivity contribution in [2.45, 2.75) is 26.3 Å². The molecule has 0 spiro atoms. The minimum atomic E-state index is 0.674. The summed E-state index contributed by atoms with van der Waals surface area (Å²) in [6, 6.07) is 12.1. The molecule has 2 N–H and O–H groups in total. The number of ether oxygens (including phenoxy) is 1. The van der Waals surface area contributed by atoms with Gasteiger partial charge in [0.05, 0.1) is 18.0 Å². The lowest BCUT2D eigenvalue weighted by Gasteiger charge is -2.16. The fraction of sp³-hybridized carbons (Fsp3) is 0.350. The molecule has 0 bridgehead atoms. The molecule has 1 aliphatic heterocycles. The Morgan fingerprint density at radius 2 is 1.84 bits per heavy atom. The zero-order valence-corrected chi connectivity index (χ0v) is 14.6. The largest absolute Gasteiger partial charge is 0.494 e. The molecular formula is C20H24N4O. The van der Waals surface area contributed by atoms with Crippen molar-refractivity contribution in [2.24, 2.45) is 0 Å². The average molecular weight is 336 g/mol. The standard InChI is InChI=1S/C20H24N4O/c1-2-25-17-8-5-15(6-9-17)20-18(14-23-11-3-4-12-23)24-13-16(21)7-10-19(24)22-20/h5-10,13H,2-4,11-12,14,21H2,1H3. The number of aromatic nitrogens is 2. The summed E-state index contributed by atoms with van der Waals surface area (Å²) in [6.45, 7) is 5.87. The number of fused-ring (bicyclic) bond motifs is 1. The highest BCUT2D eigenvalue weighted by molar-refractivity contribution is 5.68. The summed E-state index contributed by atoms with van der Waals surface area (Å²) in [5.41, 5.74) is 11.1. The van der Waals surface area contributed by atoms with Crippen LogP contribution in [-0.4, -0.2) is 34.0 Å². The minimum absolute atomic E-state index is 0.674. The highest BCUT2D eigenvalue weighted by Crippen LogP contribution is 2.28. The lowest BCUT2D eigenvalue weighted by molar-refractivity contribution is 0.327. The molecule has 25 heavy (non-hydrogen) atoms. The van der Waals surface area contributed by atoms with Crippen molar-refractivity contribution in [2.75, 3.05) is 25.4 Å². The molecule has 0 amide bonds. The van der Waals surface area contributed by atoms with E-state index in [2.05, 4.69) is 21.4 Å². The number of imidazole rings is 1. The van der Waals surface area contributed by atoms with Gasteiger partial charge in [0, 0.05) is 24.0 Å². The number of anilines is 1. The highest BCUT2D eigenvalue weighted by Gasteiger charge is 2.19. The van der Waals surface area contributed by atoms with Crippen LogP contribution in [0, 0.1) is 0 Å². The Labute approximate surface area is 148 Å². The Hall–Kier alpha value is -2.53. The first-order valence-corrected chi connectivity index (χ1v) is 8.96. The summed E-state index contributed by atoms with van der Waals surface area (Å²) in [5.74, 6) is 0.889. The van der Waals surface area contributed by atoms with E-state index in [9.17, 15) is 0 Å². The van der Waals surface area contributed by atoms with Crippen molar-refractivity contribution in [1.29, 1.82) is 0 Å². The van der Waals surface area contributed by atoms with Gasteiger partial charge in [-0.25, -0.2) is 4.98 Å². The normalized spacial score (nSPS) is 15.1. The minimum Gasteiger partial charge on any atom is -0.494 e. The molecule has 5 heteroatoms.